The van der Waals surface area contributed by atoms with Gasteiger partial charge in [-0.1, -0.05) is 42.5 Å². The van der Waals surface area contributed by atoms with Crippen LogP contribution in [-0.2, 0) is 0 Å². The molecule has 1 aromatic heterocycles. The Balaban J connectivity index is 2.31. The first-order chi connectivity index (χ1) is 8.75. The number of para-hydroxylation sites is 1. The summed E-state index contributed by atoms with van der Waals surface area (Å²) < 4.78 is 1.12. The monoisotopic (exact) mass is 346 g/mol. The van der Waals surface area contributed by atoms with Crippen molar-refractivity contribution in [2.24, 2.45) is 0 Å². The quantitative estimate of drug-likeness (QED) is 0.674. The number of anilines is 1. The molecule has 88 valence electrons. The van der Waals surface area contributed by atoms with Gasteiger partial charge in [-0.25, -0.2) is 4.98 Å². The molecule has 0 aliphatic rings. The zero-order valence-electron chi connectivity index (χ0n) is 9.60. The molecule has 2 aromatic carbocycles. The molecule has 0 spiro atoms. The van der Waals surface area contributed by atoms with E-state index in [0.717, 1.165) is 31.4 Å². The molecule has 3 heteroatoms. The van der Waals surface area contributed by atoms with Crippen molar-refractivity contribution in [3.05, 3.63) is 58.2 Å². The average molecular weight is 346 g/mol. The first-order valence-electron chi connectivity index (χ1n) is 5.66. The fraction of sp³-hybridized carbons (Fsp3) is 0. The summed E-state index contributed by atoms with van der Waals surface area (Å²) in [4.78, 5) is 4.72. The molecule has 0 radical (unpaired) electrons. The molecule has 0 aliphatic heterocycles. The zero-order chi connectivity index (χ0) is 12.5. The summed E-state index contributed by atoms with van der Waals surface area (Å²) in [6, 6.07) is 18.1. The number of hydrogen-bond donors (Lipinski definition) is 1. The minimum Gasteiger partial charge on any atom is -0.398 e. The highest BCUT2D eigenvalue weighted by Gasteiger charge is 2.07. The second kappa shape index (κ2) is 4.57. The molecule has 2 nitrogen and oxygen atoms in total. The summed E-state index contributed by atoms with van der Waals surface area (Å²) >= 11 is 2.29. The van der Waals surface area contributed by atoms with Gasteiger partial charge in [0.2, 0.25) is 0 Å². The van der Waals surface area contributed by atoms with Crippen LogP contribution in [0.1, 0.15) is 0 Å². The highest BCUT2D eigenvalue weighted by molar-refractivity contribution is 14.1. The summed E-state index contributed by atoms with van der Waals surface area (Å²) in [6.45, 7) is 0. The fourth-order valence-corrected chi connectivity index (χ4v) is 2.62. The largest absolute Gasteiger partial charge is 0.398 e. The van der Waals surface area contributed by atoms with Crippen LogP contribution in [0.4, 0.5) is 5.69 Å². The molecule has 0 unspecified atom stereocenters. The van der Waals surface area contributed by atoms with Gasteiger partial charge < -0.3 is 5.73 Å². The van der Waals surface area contributed by atoms with Gasteiger partial charge in [0.1, 0.15) is 0 Å². The molecule has 0 saturated carbocycles. The van der Waals surface area contributed by atoms with Crippen molar-refractivity contribution in [1.29, 1.82) is 0 Å². The molecule has 0 aliphatic carbocycles. The Labute approximate surface area is 119 Å². The number of hydrogen-bond acceptors (Lipinski definition) is 2. The van der Waals surface area contributed by atoms with Crippen molar-refractivity contribution in [1.82, 2.24) is 4.98 Å². The number of nitrogens with zero attached hydrogens (tertiary/aromatic N) is 1. The summed E-state index contributed by atoms with van der Waals surface area (Å²) in [5.41, 5.74) is 9.87. The number of fused-ring (bicyclic) bond motifs is 1. The topological polar surface area (TPSA) is 38.9 Å². The summed E-state index contributed by atoms with van der Waals surface area (Å²) in [7, 11) is 0. The molecule has 3 rings (SSSR count). The van der Waals surface area contributed by atoms with Gasteiger partial charge >= 0.3 is 0 Å². The Morgan fingerprint density at radius 1 is 0.944 bits per heavy atom. The highest BCUT2D eigenvalue weighted by atomic mass is 127. The average Bonchev–Trinajstić information content (AvgIpc) is 2.41. The van der Waals surface area contributed by atoms with Crippen LogP contribution in [0.5, 0.6) is 0 Å². The van der Waals surface area contributed by atoms with E-state index in [9.17, 15) is 0 Å². The van der Waals surface area contributed by atoms with Crippen molar-refractivity contribution in [3.8, 4) is 11.3 Å². The SMILES string of the molecule is Nc1cc(-c2ccccc2)nc2c(I)cccc12. The summed E-state index contributed by atoms with van der Waals surface area (Å²) in [5, 5.41) is 1.02. The predicted molar refractivity (Wildman–Crippen MR) is 84.3 cm³/mol. The molecule has 0 amide bonds. The van der Waals surface area contributed by atoms with E-state index in [1.54, 1.807) is 0 Å². The zero-order valence-corrected chi connectivity index (χ0v) is 11.8. The number of pyridine rings is 1. The predicted octanol–water partition coefficient (Wildman–Crippen LogP) is 4.09. The van der Waals surface area contributed by atoms with Gasteiger partial charge in [-0.2, -0.15) is 0 Å². The Hall–Kier alpha value is -1.62. The normalized spacial score (nSPS) is 10.7. The first kappa shape index (κ1) is 11.5. The van der Waals surface area contributed by atoms with Crippen LogP contribution in [0.25, 0.3) is 22.2 Å². The standard InChI is InChI=1S/C15H11IN2/c16-12-8-4-7-11-13(17)9-14(18-15(11)12)10-5-2-1-3-6-10/h1-9H,(H2,17,18). The second-order valence-electron chi connectivity index (χ2n) is 4.10. The van der Waals surface area contributed by atoms with Crippen molar-refractivity contribution in [2.75, 3.05) is 5.73 Å². The van der Waals surface area contributed by atoms with Crippen molar-refractivity contribution >= 4 is 39.2 Å². The molecule has 0 bridgehead atoms. The lowest BCUT2D eigenvalue weighted by atomic mass is 10.1. The molecule has 0 fully saturated rings. The van der Waals surface area contributed by atoms with Crippen LogP contribution in [0.3, 0.4) is 0 Å². The van der Waals surface area contributed by atoms with Gasteiger partial charge in [-0.15, -0.1) is 0 Å². The molecule has 0 atom stereocenters. The second-order valence-corrected chi connectivity index (χ2v) is 5.26. The van der Waals surface area contributed by atoms with Crippen molar-refractivity contribution < 1.29 is 0 Å². The van der Waals surface area contributed by atoms with E-state index in [2.05, 4.69) is 22.6 Å². The number of rotatable bonds is 1. The third kappa shape index (κ3) is 1.95. The van der Waals surface area contributed by atoms with E-state index in [1.165, 1.54) is 0 Å². The number of aromatic nitrogens is 1. The van der Waals surface area contributed by atoms with E-state index in [4.69, 9.17) is 10.7 Å². The molecular weight excluding hydrogens is 335 g/mol. The molecule has 2 N–H and O–H groups in total. The number of nitrogen functional groups attached to an aromatic ring is 1. The number of benzene rings is 2. The number of halogens is 1. The van der Waals surface area contributed by atoms with Gasteiger partial charge in [0.05, 0.1) is 11.2 Å². The van der Waals surface area contributed by atoms with E-state index < -0.39 is 0 Å². The van der Waals surface area contributed by atoms with Gasteiger partial charge in [-0.3, -0.25) is 0 Å². The van der Waals surface area contributed by atoms with Crippen molar-refractivity contribution in [2.45, 2.75) is 0 Å². The van der Waals surface area contributed by atoms with Crippen LogP contribution in [0, 0.1) is 3.57 Å². The number of nitrogens with two attached hydrogens (primary N) is 1. The summed E-state index contributed by atoms with van der Waals surface area (Å²) in [6.07, 6.45) is 0. The Bertz CT molecular complexity index is 708. The Morgan fingerprint density at radius 3 is 2.50 bits per heavy atom. The molecule has 3 aromatic rings. The lowest BCUT2D eigenvalue weighted by Crippen LogP contribution is -1.94. The van der Waals surface area contributed by atoms with E-state index in [0.29, 0.717) is 0 Å². The van der Waals surface area contributed by atoms with Gasteiger partial charge in [0, 0.05) is 20.2 Å². The van der Waals surface area contributed by atoms with Crippen molar-refractivity contribution in [3.63, 3.8) is 0 Å². The molecule has 18 heavy (non-hydrogen) atoms. The van der Waals surface area contributed by atoms with Crippen LogP contribution >= 0.6 is 22.6 Å². The maximum absolute atomic E-state index is 6.12. The lowest BCUT2D eigenvalue weighted by Gasteiger charge is -2.07. The molecule has 1 heterocycles. The van der Waals surface area contributed by atoms with E-state index in [1.807, 2.05) is 54.6 Å². The maximum Gasteiger partial charge on any atom is 0.0863 e. The minimum absolute atomic E-state index is 0.775. The fourth-order valence-electron chi connectivity index (χ4n) is 2.00. The van der Waals surface area contributed by atoms with Gasteiger partial charge in [0.15, 0.2) is 0 Å². The third-order valence-corrected chi connectivity index (χ3v) is 3.76. The van der Waals surface area contributed by atoms with Crippen LogP contribution in [0.2, 0.25) is 0 Å². The maximum atomic E-state index is 6.12. The Morgan fingerprint density at radius 2 is 1.72 bits per heavy atom. The molecule has 0 saturated heterocycles. The first-order valence-corrected chi connectivity index (χ1v) is 6.74. The third-order valence-electron chi connectivity index (χ3n) is 2.89. The summed E-state index contributed by atoms with van der Waals surface area (Å²) in [5.74, 6) is 0. The Kier molecular flexibility index (Phi) is 2.91. The lowest BCUT2D eigenvalue weighted by molar-refractivity contribution is 1.39. The molecular formula is C15H11IN2. The van der Waals surface area contributed by atoms with E-state index >= 15 is 0 Å². The van der Waals surface area contributed by atoms with Crippen LogP contribution < -0.4 is 5.73 Å². The van der Waals surface area contributed by atoms with Gasteiger partial charge in [-0.05, 0) is 34.7 Å². The van der Waals surface area contributed by atoms with E-state index in [-0.39, 0.29) is 0 Å². The van der Waals surface area contributed by atoms with Gasteiger partial charge in [0.25, 0.3) is 0 Å². The highest BCUT2D eigenvalue weighted by Crippen LogP contribution is 2.28. The smallest absolute Gasteiger partial charge is 0.0863 e. The minimum atomic E-state index is 0.775. The van der Waals surface area contributed by atoms with Crippen LogP contribution in [0.15, 0.2) is 54.6 Å². The van der Waals surface area contributed by atoms with Crippen LogP contribution in [-0.4, -0.2) is 4.98 Å².